The maximum Gasteiger partial charge on any atom is 0.226 e. The Kier molecular flexibility index (Phi) is 7.66. The van der Waals surface area contributed by atoms with Crippen LogP contribution in [-0.2, 0) is 10.2 Å². The molecule has 6 unspecified atom stereocenters. The van der Waals surface area contributed by atoms with E-state index in [4.69, 9.17) is 0 Å². The highest BCUT2D eigenvalue weighted by Crippen LogP contribution is 2.58. The lowest BCUT2D eigenvalue weighted by molar-refractivity contribution is -0.137. The van der Waals surface area contributed by atoms with Gasteiger partial charge in [-0.25, -0.2) is 0 Å². The highest BCUT2D eigenvalue weighted by atomic mass is 16.2. The molecule has 1 saturated heterocycles. The number of carbonyl (C=O) groups excluding carboxylic acids is 1. The first kappa shape index (κ1) is 23.3. The predicted molar refractivity (Wildman–Crippen MR) is 127 cm³/mol. The van der Waals surface area contributed by atoms with Gasteiger partial charge in [0, 0.05) is 11.5 Å². The molecule has 2 aliphatic carbocycles. The highest BCUT2D eigenvalue weighted by molar-refractivity contribution is 5.83. The molecule has 168 valence electrons. The van der Waals surface area contributed by atoms with E-state index in [9.17, 15) is 4.79 Å². The zero-order valence-corrected chi connectivity index (χ0v) is 20.0. The topological polar surface area (TPSA) is 41.1 Å². The lowest BCUT2D eigenvalue weighted by Crippen LogP contribution is -2.56. The van der Waals surface area contributed by atoms with Gasteiger partial charge in [-0.3, -0.25) is 4.79 Å². The Bertz CT molecular complexity index is 685. The molecule has 3 heteroatoms. The van der Waals surface area contributed by atoms with Gasteiger partial charge in [0.25, 0.3) is 0 Å². The highest BCUT2D eigenvalue weighted by Gasteiger charge is 2.53. The molecule has 1 amide bonds. The number of rotatable bonds is 3. The summed E-state index contributed by atoms with van der Waals surface area (Å²) in [5.74, 6) is 2.24. The zero-order chi connectivity index (χ0) is 21.8. The molecule has 3 nitrogen and oxygen atoms in total. The van der Waals surface area contributed by atoms with Crippen LogP contribution < -0.4 is 10.6 Å². The average molecular weight is 413 g/mol. The predicted octanol–water partition coefficient (Wildman–Crippen LogP) is 5.69. The summed E-state index contributed by atoms with van der Waals surface area (Å²) in [5, 5.41) is 6.91. The molecular weight excluding hydrogens is 368 g/mol. The maximum absolute atomic E-state index is 13.5. The van der Waals surface area contributed by atoms with Gasteiger partial charge in [0.2, 0.25) is 5.91 Å². The van der Waals surface area contributed by atoms with Crippen molar-refractivity contribution in [3.05, 3.63) is 35.9 Å². The first-order valence-electron chi connectivity index (χ1n) is 12.4. The van der Waals surface area contributed by atoms with Crippen LogP contribution in [0.4, 0.5) is 0 Å². The summed E-state index contributed by atoms with van der Waals surface area (Å²) in [6, 6.07) is 11.4. The quantitative estimate of drug-likeness (QED) is 0.669. The van der Waals surface area contributed by atoms with Gasteiger partial charge in [0.15, 0.2) is 0 Å². The van der Waals surface area contributed by atoms with Gasteiger partial charge in [-0.2, -0.15) is 0 Å². The van der Waals surface area contributed by atoms with Gasteiger partial charge < -0.3 is 10.6 Å². The van der Waals surface area contributed by atoms with Crippen molar-refractivity contribution < 1.29 is 4.79 Å². The van der Waals surface area contributed by atoms with Crippen LogP contribution in [0.15, 0.2) is 30.3 Å². The van der Waals surface area contributed by atoms with Crippen LogP contribution in [-0.4, -0.2) is 25.0 Å². The molecule has 0 spiro atoms. The van der Waals surface area contributed by atoms with E-state index < -0.39 is 0 Å². The second-order valence-electron chi connectivity index (χ2n) is 11.0. The van der Waals surface area contributed by atoms with Crippen molar-refractivity contribution in [2.45, 2.75) is 91.0 Å². The van der Waals surface area contributed by atoms with Crippen molar-refractivity contribution in [3.8, 4) is 0 Å². The smallest absolute Gasteiger partial charge is 0.226 e. The minimum atomic E-state index is -0.247. The van der Waals surface area contributed by atoms with Crippen LogP contribution in [0.5, 0.6) is 0 Å². The zero-order valence-electron chi connectivity index (χ0n) is 20.0. The number of benzene rings is 1. The van der Waals surface area contributed by atoms with E-state index in [-0.39, 0.29) is 10.8 Å². The standard InChI is InChI=1S/C24H36N2O.C3H8/c1-17-11-19-13-23(3,22(27)26-21-9-10-25-15-18(21)2)16-24(12-17,14-19)20-7-5-4-6-8-20;1-3-2/h4-8,17-19,21,25H,9-16H2,1-3H3,(H,26,27);3H2,1-2H3. The molecule has 1 aromatic rings. The summed E-state index contributed by atoms with van der Waals surface area (Å²) in [5.41, 5.74) is 1.38. The lowest BCUT2D eigenvalue weighted by atomic mass is 9.50. The summed E-state index contributed by atoms with van der Waals surface area (Å²) >= 11 is 0. The molecule has 4 rings (SSSR count). The number of amides is 1. The Balaban J connectivity index is 0.000000806. The molecule has 2 N–H and O–H groups in total. The van der Waals surface area contributed by atoms with Gasteiger partial charge in [-0.05, 0) is 80.3 Å². The van der Waals surface area contributed by atoms with Crippen molar-refractivity contribution in [1.29, 1.82) is 0 Å². The van der Waals surface area contributed by atoms with Crippen molar-refractivity contribution in [2.24, 2.45) is 23.2 Å². The Morgan fingerprint density at radius 1 is 1.13 bits per heavy atom. The SMILES string of the molecule is CC1CC2CC(C)(C(=O)NC3CCNCC3C)CC(c3ccccc3)(C1)C2.CCC. The molecule has 1 heterocycles. The normalized spacial score (nSPS) is 38.2. The van der Waals surface area contributed by atoms with Crippen LogP contribution in [0, 0.1) is 23.2 Å². The van der Waals surface area contributed by atoms with Crippen molar-refractivity contribution in [1.82, 2.24) is 10.6 Å². The van der Waals surface area contributed by atoms with E-state index in [2.05, 4.69) is 75.6 Å². The number of piperidine rings is 1. The number of fused-ring (bicyclic) bond motifs is 2. The van der Waals surface area contributed by atoms with E-state index in [1.54, 1.807) is 0 Å². The fourth-order valence-corrected chi connectivity index (χ4v) is 6.67. The Morgan fingerprint density at radius 3 is 2.50 bits per heavy atom. The van der Waals surface area contributed by atoms with Crippen LogP contribution >= 0.6 is 0 Å². The van der Waals surface area contributed by atoms with Gasteiger partial charge in [0.05, 0.1) is 0 Å². The summed E-state index contributed by atoms with van der Waals surface area (Å²) in [7, 11) is 0. The third-order valence-electron chi connectivity index (χ3n) is 7.66. The van der Waals surface area contributed by atoms with E-state index in [0.717, 1.165) is 38.3 Å². The minimum Gasteiger partial charge on any atom is -0.353 e. The molecule has 6 atom stereocenters. The average Bonchev–Trinajstić information content (AvgIpc) is 2.70. The summed E-state index contributed by atoms with van der Waals surface area (Å²) in [6.45, 7) is 13.2. The molecule has 0 radical (unpaired) electrons. The monoisotopic (exact) mass is 412 g/mol. The molecule has 2 saturated carbocycles. The second-order valence-corrected chi connectivity index (χ2v) is 11.0. The first-order chi connectivity index (χ1) is 14.3. The maximum atomic E-state index is 13.5. The van der Waals surface area contributed by atoms with E-state index in [0.29, 0.717) is 23.8 Å². The fourth-order valence-electron chi connectivity index (χ4n) is 6.67. The molecule has 3 fully saturated rings. The van der Waals surface area contributed by atoms with Gasteiger partial charge in [-0.15, -0.1) is 0 Å². The Morgan fingerprint density at radius 2 is 1.83 bits per heavy atom. The molecule has 1 aromatic carbocycles. The van der Waals surface area contributed by atoms with Gasteiger partial charge in [-0.1, -0.05) is 71.4 Å². The molecule has 2 bridgehead atoms. The number of nitrogens with one attached hydrogen (secondary N) is 2. The third-order valence-corrected chi connectivity index (χ3v) is 7.66. The molecule has 3 aliphatic rings. The van der Waals surface area contributed by atoms with E-state index >= 15 is 0 Å². The van der Waals surface area contributed by atoms with E-state index in [1.165, 1.54) is 31.2 Å². The molecular formula is C27H44N2O. The molecule has 1 aliphatic heterocycles. The summed E-state index contributed by atoms with van der Waals surface area (Å²) in [6.07, 6.45) is 8.11. The minimum absolute atomic E-state index is 0.174. The van der Waals surface area contributed by atoms with Crippen molar-refractivity contribution >= 4 is 5.91 Å². The second kappa shape index (κ2) is 9.85. The van der Waals surface area contributed by atoms with Crippen molar-refractivity contribution in [3.63, 3.8) is 0 Å². The largest absolute Gasteiger partial charge is 0.353 e. The molecule has 30 heavy (non-hydrogen) atoms. The number of hydrogen-bond acceptors (Lipinski definition) is 2. The van der Waals surface area contributed by atoms with Crippen LogP contribution in [0.1, 0.15) is 85.1 Å². The Hall–Kier alpha value is -1.35. The first-order valence-corrected chi connectivity index (χ1v) is 12.4. The van der Waals surface area contributed by atoms with E-state index in [1.807, 2.05) is 0 Å². The molecule has 0 aromatic heterocycles. The van der Waals surface area contributed by atoms with Crippen LogP contribution in [0.3, 0.4) is 0 Å². The summed E-state index contributed by atoms with van der Waals surface area (Å²) < 4.78 is 0. The Labute approximate surface area is 184 Å². The van der Waals surface area contributed by atoms with Crippen LogP contribution in [0.2, 0.25) is 0 Å². The van der Waals surface area contributed by atoms with Crippen LogP contribution in [0.25, 0.3) is 0 Å². The fraction of sp³-hybridized carbons (Fsp3) is 0.741. The summed E-state index contributed by atoms with van der Waals surface area (Å²) in [4.78, 5) is 13.5. The number of carbonyl (C=O) groups is 1. The number of hydrogen-bond donors (Lipinski definition) is 2. The third kappa shape index (κ3) is 5.10. The van der Waals surface area contributed by atoms with Gasteiger partial charge in [0.1, 0.15) is 0 Å². The lowest BCUT2D eigenvalue weighted by Gasteiger charge is -2.54. The van der Waals surface area contributed by atoms with Crippen molar-refractivity contribution in [2.75, 3.05) is 13.1 Å². The van der Waals surface area contributed by atoms with Gasteiger partial charge >= 0.3 is 0 Å².